The lowest BCUT2D eigenvalue weighted by Gasteiger charge is -2.13. The molecule has 1 heterocycles. The molecule has 1 atom stereocenters. The molecule has 1 unspecified atom stereocenters. The number of hydrogen-bond acceptors (Lipinski definition) is 6. The average Bonchev–Trinajstić information content (AvgIpc) is 2.96. The number of ether oxygens (including phenoxy) is 2. The summed E-state index contributed by atoms with van der Waals surface area (Å²) in [4.78, 5) is 16.3. The molecule has 0 saturated carbocycles. The van der Waals surface area contributed by atoms with Crippen molar-refractivity contribution in [3.05, 3.63) is 41.0 Å². The molecular formula is C18H24N2O4. The largest absolute Gasteiger partial charge is 0.481 e. The molecule has 24 heavy (non-hydrogen) atoms. The van der Waals surface area contributed by atoms with Crippen LogP contribution in [-0.2, 0) is 14.9 Å². The van der Waals surface area contributed by atoms with E-state index in [0.717, 1.165) is 11.1 Å². The van der Waals surface area contributed by atoms with E-state index in [-0.39, 0.29) is 17.9 Å². The fourth-order valence-electron chi connectivity index (χ4n) is 2.14. The molecule has 2 rings (SSSR count). The van der Waals surface area contributed by atoms with Crippen molar-refractivity contribution in [2.24, 2.45) is 0 Å². The van der Waals surface area contributed by atoms with Crippen LogP contribution in [0.4, 0.5) is 0 Å². The highest BCUT2D eigenvalue weighted by Gasteiger charge is 2.25. The number of nitrogens with zero attached hydrogens (tertiary/aromatic N) is 2. The topological polar surface area (TPSA) is 74.5 Å². The Kier molecular flexibility index (Phi) is 5.26. The van der Waals surface area contributed by atoms with E-state index in [0.29, 0.717) is 11.6 Å². The Morgan fingerprint density at radius 2 is 1.88 bits per heavy atom. The Bertz CT molecular complexity index is 696. The van der Waals surface area contributed by atoms with Gasteiger partial charge in [-0.2, -0.15) is 4.98 Å². The molecule has 2 aromatic rings. The van der Waals surface area contributed by atoms with Crippen LogP contribution in [-0.4, -0.2) is 22.7 Å². The predicted octanol–water partition coefficient (Wildman–Crippen LogP) is 3.67. The van der Waals surface area contributed by atoms with Crippen molar-refractivity contribution in [2.75, 3.05) is 6.61 Å². The molecule has 0 amide bonds. The molecule has 1 aromatic heterocycles. The summed E-state index contributed by atoms with van der Waals surface area (Å²) in [7, 11) is 0. The Balaban J connectivity index is 1.93. The molecule has 0 spiro atoms. The number of aromatic nitrogens is 2. The second-order valence-corrected chi connectivity index (χ2v) is 6.85. The van der Waals surface area contributed by atoms with Gasteiger partial charge >= 0.3 is 5.97 Å². The van der Waals surface area contributed by atoms with Crippen LogP contribution in [0.5, 0.6) is 5.75 Å². The molecule has 0 aliphatic rings. The highest BCUT2D eigenvalue weighted by Crippen LogP contribution is 2.24. The molecule has 1 aromatic carbocycles. The van der Waals surface area contributed by atoms with Crippen LogP contribution in [0.25, 0.3) is 0 Å². The van der Waals surface area contributed by atoms with Gasteiger partial charge in [0.25, 0.3) is 5.89 Å². The van der Waals surface area contributed by atoms with E-state index >= 15 is 0 Å². The third-order valence-corrected chi connectivity index (χ3v) is 3.51. The minimum Gasteiger partial charge on any atom is -0.481 e. The summed E-state index contributed by atoms with van der Waals surface area (Å²) < 4.78 is 16.1. The lowest BCUT2D eigenvalue weighted by molar-refractivity contribution is -0.152. The molecule has 0 radical (unpaired) electrons. The van der Waals surface area contributed by atoms with Crippen molar-refractivity contribution in [3.8, 4) is 5.75 Å². The molecule has 6 nitrogen and oxygen atoms in total. The normalized spacial score (nSPS) is 12.8. The van der Waals surface area contributed by atoms with Gasteiger partial charge in [0.1, 0.15) is 5.75 Å². The van der Waals surface area contributed by atoms with E-state index in [1.165, 1.54) is 0 Å². The predicted molar refractivity (Wildman–Crippen MR) is 88.9 cm³/mol. The van der Waals surface area contributed by atoms with Crippen LogP contribution in [0.3, 0.4) is 0 Å². The molecule has 0 saturated heterocycles. The third-order valence-electron chi connectivity index (χ3n) is 3.51. The van der Waals surface area contributed by atoms with Gasteiger partial charge in [-0.05, 0) is 31.9 Å². The highest BCUT2D eigenvalue weighted by atomic mass is 16.6. The summed E-state index contributed by atoms with van der Waals surface area (Å²) in [5.41, 5.74) is 1.72. The smallest absolute Gasteiger partial charge is 0.344 e. The van der Waals surface area contributed by atoms with Gasteiger partial charge in [0, 0.05) is 5.41 Å². The Morgan fingerprint density at radius 3 is 2.42 bits per heavy atom. The first kappa shape index (κ1) is 18.0. The van der Waals surface area contributed by atoms with E-state index in [1.807, 2.05) is 52.8 Å². The molecule has 0 aliphatic heterocycles. The fraction of sp³-hybridized carbons (Fsp3) is 0.500. The summed E-state index contributed by atoms with van der Waals surface area (Å²) >= 11 is 0. The van der Waals surface area contributed by atoms with Gasteiger partial charge < -0.3 is 14.0 Å². The fourth-order valence-corrected chi connectivity index (χ4v) is 2.14. The van der Waals surface area contributed by atoms with E-state index < -0.39 is 12.1 Å². The average molecular weight is 332 g/mol. The van der Waals surface area contributed by atoms with Crippen LogP contribution in [0.15, 0.2) is 22.7 Å². The Hall–Kier alpha value is -2.37. The van der Waals surface area contributed by atoms with Gasteiger partial charge in [-0.3, -0.25) is 0 Å². The quantitative estimate of drug-likeness (QED) is 0.778. The number of rotatable bonds is 5. The lowest BCUT2D eigenvalue weighted by Crippen LogP contribution is -2.18. The van der Waals surface area contributed by atoms with Crippen LogP contribution in [0.2, 0.25) is 0 Å². The second kappa shape index (κ2) is 7.03. The maximum atomic E-state index is 12.0. The van der Waals surface area contributed by atoms with E-state index in [2.05, 4.69) is 10.1 Å². The highest BCUT2D eigenvalue weighted by molar-refractivity contribution is 5.71. The standard InChI is InChI=1S/C18H24N2O4/c1-11-8-7-9-12(2)15(11)22-10-14(21)23-13(3)16-19-17(20-24-16)18(4,5)6/h7-9,13H,10H2,1-6H3. The van der Waals surface area contributed by atoms with Crippen molar-refractivity contribution in [1.29, 1.82) is 0 Å². The molecule has 0 fully saturated rings. The summed E-state index contributed by atoms with van der Waals surface area (Å²) in [6, 6.07) is 5.81. The number of hydrogen-bond donors (Lipinski definition) is 0. The zero-order valence-electron chi connectivity index (χ0n) is 15.0. The molecular weight excluding hydrogens is 308 g/mol. The van der Waals surface area contributed by atoms with Gasteiger partial charge in [-0.25, -0.2) is 4.79 Å². The minimum absolute atomic E-state index is 0.170. The summed E-state index contributed by atoms with van der Waals surface area (Å²) in [5, 5.41) is 3.92. The number of benzene rings is 1. The summed E-state index contributed by atoms with van der Waals surface area (Å²) in [6.45, 7) is 11.3. The van der Waals surface area contributed by atoms with Crippen molar-refractivity contribution in [3.63, 3.8) is 0 Å². The van der Waals surface area contributed by atoms with Gasteiger partial charge in [0.2, 0.25) is 0 Å². The first-order chi connectivity index (χ1) is 11.2. The molecule has 6 heteroatoms. The van der Waals surface area contributed by atoms with Crippen molar-refractivity contribution in [1.82, 2.24) is 10.1 Å². The lowest BCUT2D eigenvalue weighted by atomic mass is 9.96. The van der Waals surface area contributed by atoms with Gasteiger partial charge in [0.05, 0.1) is 0 Å². The summed E-state index contributed by atoms with van der Waals surface area (Å²) in [6.07, 6.45) is -0.623. The van der Waals surface area contributed by atoms with Crippen molar-refractivity contribution < 1.29 is 18.8 Å². The molecule has 130 valence electrons. The second-order valence-electron chi connectivity index (χ2n) is 6.85. The molecule has 0 bridgehead atoms. The van der Waals surface area contributed by atoms with Gasteiger partial charge in [0.15, 0.2) is 18.5 Å². The third kappa shape index (κ3) is 4.34. The van der Waals surface area contributed by atoms with E-state index in [9.17, 15) is 4.79 Å². The monoisotopic (exact) mass is 332 g/mol. The maximum Gasteiger partial charge on any atom is 0.344 e. The molecule has 0 aliphatic carbocycles. The van der Waals surface area contributed by atoms with E-state index in [4.69, 9.17) is 14.0 Å². The summed E-state index contributed by atoms with van der Waals surface area (Å²) in [5.74, 6) is 1.07. The number of carbonyl (C=O) groups is 1. The maximum absolute atomic E-state index is 12.0. The number of para-hydroxylation sites is 1. The first-order valence-corrected chi connectivity index (χ1v) is 7.91. The zero-order valence-corrected chi connectivity index (χ0v) is 15.0. The van der Waals surface area contributed by atoms with Crippen LogP contribution in [0.1, 0.15) is 56.6 Å². The van der Waals surface area contributed by atoms with Crippen molar-refractivity contribution >= 4 is 5.97 Å². The number of aryl methyl sites for hydroxylation is 2. The SMILES string of the molecule is Cc1cccc(C)c1OCC(=O)OC(C)c1nc(C(C)(C)C)no1. The van der Waals surface area contributed by atoms with Crippen molar-refractivity contribution in [2.45, 2.75) is 53.1 Å². The Labute approximate surface area is 142 Å². The van der Waals surface area contributed by atoms with E-state index in [1.54, 1.807) is 6.92 Å². The minimum atomic E-state index is -0.623. The Morgan fingerprint density at radius 1 is 1.25 bits per heavy atom. The number of carbonyl (C=O) groups excluding carboxylic acids is 1. The van der Waals surface area contributed by atoms with Gasteiger partial charge in [-0.1, -0.05) is 44.1 Å². The number of esters is 1. The van der Waals surface area contributed by atoms with Crippen LogP contribution in [0, 0.1) is 13.8 Å². The first-order valence-electron chi connectivity index (χ1n) is 7.91. The molecule has 0 N–H and O–H groups in total. The van der Waals surface area contributed by atoms with Crippen LogP contribution >= 0.6 is 0 Å². The van der Waals surface area contributed by atoms with Crippen LogP contribution < -0.4 is 4.74 Å². The van der Waals surface area contributed by atoms with Gasteiger partial charge in [-0.15, -0.1) is 0 Å². The zero-order chi connectivity index (χ0) is 17.9.